The van der Waals surface area contributed by atoms with Gasteiger partial charge in [-0.1, -0.05) is 30.3 Å². The monoisotopic (exact) mass is 340 g/mol. The molecule has 0 saturated heterocycles. The molecule has 0 amide bonds. The summed E-state index contributed by atoms with van der Waals surface area (Å²) in [7, 11) is 0. The Kier molecular flexibility index (Phi) is 10.3. The minimum absolute atomic E-state index is 0. The number of aromatic hydroxyl groups is 1. The summed E-state index contributed by atoms with van der Waals surface area (Å²) in [6, 6.07) is 15.0. The zero-order valence-electron chi connectivity index (χ0n) is 9.57. The predicted molar refractivity (Wildman–Crippen MR) is 59.5 cm³/mol. The number of esters is 1. The van der Waals surface area contributed by atoms with Gasteiger partial charge < -0.3 is 34.7 Å². The average molecular weight is 341 g/mol. The third-order valence-electron chi connectivity index (χ3n) is 2.08. The van der Waals surface area contributed by atoms with Crippen molar-refractivity contribution in [3.8, 4) is 11.5 Å². The van der Waals surface area contributed by atoms with Crippen LogP contribution in [0.1, 0.15) is 10.4 Å². The number of halogens is 2. The van der Waals surface area contributed by atoms with E-state index in [1.165, 1.54) is 12.1 Å². The van der Waals surface area contributed by atoms with Crippen molar-refractivity contribution >= 4 is 5.97 Å². The smallest absolute Gasteiger partial charge is 1.00 e. The number of hydrogen-bond donors (Lipinski definition) is 1. The Morgan fingerprint density at radius 3 is 2.00 bits per heavy atom. The zero-order chi connectivity index (χ0) is 11.4. The Bertz CT molecular complexity index is 506. The third kappa shape index (κ3) is 5.53. The molecule has 0 unspecified atom stereocenters. The van der Waals surface area contributed by atoms with Gasteiger partial charge in [-0.3, -0.25) is 0 Å². The molecule has 0 saturated carbocycles. The van der Waals surface area contributed by atoms with Crippen molar-refractivity contribution in [2.75, 3.05) is 0 Å². The second-order valence-electron chi connectivity index (χ2n) is 3.22. The molecule has 19 heavy (non-hydrogen) atoms. The van der Waals surface area contributed by atoms with E-state index in [0.717, 1.165) is 0 Å². The summed E-state index contributed by atoms with van der Waals surface area (Å²) in [6.07, 6.45) is 0. The molecule has 102 valence electrons. The fourth-order valence-electron chi connectivity index (χ4n) is 1.30. The number of carbonyl (C=O) groups excluding carboxylic acids is 1. The number of ether oxygens (including phenoxy) is 1. The molecule has 0 aliphatic carbocycles. The van der Waals surface area contributed by atoms with E-state index in [-0.39, 0.29) is 53.2 Å². The summed E-state index contributed by atoms with van der Waals surface area (Å²) < 4.78 is 5.08. The van der Waals surface area contributed by atoms with Crippen molar-refractivity contribution in [1.82, 2.24) is 0 Å². The first-order valence-electron chi connectivity index (χ1n) is 4.82. The van der Waals surface area contributed by atoms with E-state index in [4.69, 9.17) is 4.74 Å². The molecule has 2 aromatic rings. The topological polar surface area (TPSA) is 46.5 Å². The van der Waals surface area contributed by atoms with Crippen LogP contribution in [0, 0.1) is 0 Å². The van der Waals surface area contributed by atoms with Gasteiger partial charge in [-0.25, -0.2) is 4.79 Å². The molecule has 3 nitrogen and oxygen atoms in total. The van der Waals surface area contributed by atoms with Crippen molar-refractivity contribution in [1.29, 1.82) is 0 Å². The van der Waals surface area contributed by atoms with Gasteiger partial charge in [0.2, 0.25) is 0 Å². The van der Waals surface area contributed by atoms with Crippen LogP contribution in [0.25, 0.3) is 0 Å². The Labute approximate surface area is 134 Å². The average Bonchev–Trinajstić information content (AvgIpc) is 2.31. The molecule has 0 bridgehead atoms. The molecule has 0 atom stereocenters. The van der Waals surface area contributed by atoms with Crippen LogP contribution in [0.15, 0.2) is 54.6 Å². The summed E-state index contributed by atoms with van der Waals surface area (Å²) >= 11 is 0. The van der Waals surface area contributed by atoms with Crippen LogP contribution in [-0.2, 0) is 17.1 Å². The van der Waals surface area contributed by atoms with Gasteiger partial charge >= 0.3 is 23.0 Å². The van der Waals surface area contributed by atoms with Crippen molar-refractivity contribution in [3.63, 3.8) is 0 Å². The van der Waals surface area contributed by atoms with Gasteiger partial charge in [-0.2, -0.15) is 0 Å². The summed E-state index contributed by atoms with van der Waals surface area (Å²) in [6.45, 7) is 0. The molecule has 6 heteroatoms. The summed E-state index contributed by atoms with van der Waals surface area (Å²) in [5.41, 5.74) is 0.159. The van der Waals surface area contributed by atoms with E-state index < -0.39 is 5.97 Å². The summed E-state index contributed by atoms with van der Waals surface area (Å²) in [5, 5.41) is 9.46. The number of phenols is 1. The van der Waals surface area contributed by atoms with E-state index in [9.17, 15) is 9.90 Å². The SMILES string of the molecule is O=C(Oc1ccccc1)c1ccccc1O.[Cl-].[Cl-].[Fe+2]. The maximum absolute atomic E-state index is 11.7. The molecule has 2 aromatic carbocycles. The van der Waals surface area contributed by atoms with E-state index in [1.54, 1.807) is 36.4 Å². The standard InChI is InChI=1S/C13H10O3.2ClH.Fe/c14-12-9-5-4-8-11(12)13(15)16-10-6-2-1-3-7-10;;;/h1-9,14H;2*1H;/q;;;+2/p-2. The van der Waals surface area contributed by atoms with E-state index in [2.05, 4.69) is 0 Å². The molecule has 0 heterocycles. The van der Waals surface area contributed by atoms with Crippen LogP contribution in [0.2, 0.25) is 0 Å². The maximum atomic E-state index is 11.7. The van der Waals surface area contributed by atoms with Crippen molar-refractivity contribution < 1.29 is 56.5 Å². The first kappa shape index (κ1) is 20.1. The number of para-hydroxylation sites is 2. The van der Waals surface area contributed by atoms with Crippen LogP contribution in [-0.4, -0.2) is 11.1 Å². The first-order chi connectivity index (χ1) is 7.77. The number of benzene rings is 2. The number of phenolic OH excluding ortho intramolecular Hbond substituents is 1. The molecular formula is C13H10Cl2FeO3. The van der Waals surface area contributed by atoms with E-state index in [1.807, 2.05) is 6.07 Å². The molecule has 0 aliphatic rings. The van der Waals surface area contributed by atoms with Gasteiger partial charge in [0.1, 0.15) is 17.1 Å². The van der Waals surface area contributed by atoms with Crippen molar-refractivity contribution in [2.45, 2.75) is 0 Å². The molecule has 0 spiro atoms. The van der Waals surface area contributed by atoms with Gasteiger partial charge in [0, 0.05) is 0 Å². The van der Waals surface area contributed by atoms with Crippen LogP contribution in [0.3, 0.4) is 0 Å². The van der Waals surface area contributed by atoms with Gasteiger partial charge in [0.15, 0.2) is 0 Å². The number of hydrogen-bond acceptors (Lipinski definition) is 3. The molecule has 0 radical (unpaired) electrons. The van der Waals surface area contributed by atoms with Crippen LogP contribution in [0.5, 0.6) is 11.5 Å². The van der Waals surface area contributed by atoms with Crippen molar-refractivity contribution in [2.24, 2.45) is 0 Å². The van der Waals surface area contributed by atoms with E-state index >= 15 is 0 Å². The largest absolute Gasteiger partial charge is 2.00 e. The van der Waals surface area contributed by atoms with Crippen LogP contribution >= 0.6 is 0 Å². The number of carbonyl (C=O) groups is 1. The maximum Gasteiger partial charge on any atom is 2.00 e. The fourth-order valence-corrected chi connectivity index (χ4v) is 1.30. The van der Waals surface area contributed by atoms with Gasteiger partial charge in [-0.05, 0) is 24.3 Å². The second-order valence-corrected chi connectivity index (χ2v) is 3.22. The summed E-state index contributed by atoms with van der Waals surface area (Å²) in [5.74, 6) is -0.191. The Morgan fingerprint density at radius 1 is 0.895 bits per heavy atom. The van der Waals surface area contributed by atoms with Crippen LogP contribution in [0.4, 0.5) is 0 Å². The third-order valence-corrected chi connectivity index (χ3v) is 2.08. The normalized spacial score (nSPS) is 8.21. The van der Waals surface area contributed by atoms with Crippen molar-refractivity contribution in [3.05, 3.63) is 60.2 Å². The zero-order valence-corrected chi connectivity index (χ0v) is 12.2. The van der Waals surface area contributed by atoms with E-state index in [0.29, 0.717) is 5.75 Å². The Morgan fingerprint density at radius 2 is 1.42 bits per heavy atom. The van der Waals surface area contributed by atoms with Gasteiger partial charge in [0.05, 0.1) is 0 Å². The fraction of sp³-hybridized carbons (Fsp3) is 0. The molecular weight excluding hydrogens is 331 g/mol. The minimum atomic E-state index is -0.565. The first-order valence-corrected chi connectivity index (χ1v) is 4.82. The molecule has 2 rings (SSSR count). The molecule has 1 N–H and O–H groups in total. The Balaban J connectivity index is 0. The van der Waals surface area contributed by atoms with Crippen LogP contribution < -0.4 is 29.6 Å². The summed E-state index contributed by atoms with van der Waals surface area (Å²) in [4.78, 5) is 11.7. The second kappa shape index (κ2) is 9.70. The minimum Gasteiger partial charge on any atom is -1.00 e. The molecule has 0 aliphatic heterocycles. The molecule has 0 fully saturated rings. The number of rotatable bonds is 2. The quantitative estimate of drug-likeness (QED) is 0.352. The predicted octanol–water partition coefficient (Wildman–Crippen LogP) is -3.38. The molecule has 0 aromatic heterocycles. The van der Waals surface area contributed by atoms with Gasteiger partial charge in [0.25, 0.3) is 0 Å². The van der Waals surface area contributed by atoms with Gasteiger partial charge in [-0.15, -0.1) is 0 Å². The Hall–Kier alpha value is -1.19.